The molecule has 4 saturated carbocycles. The van der Waals surface area contributed by atoms with E-state index in [-0.39, 0.29) is 55.5 Å². The fourth-order valence-electron chi connectivity index (χ4n) is 12.8. The van der Waals surface area contributed by atoms with Gasteiger partial charge in [0.1, 0.15) is 10.8 Å². The van der Waals surface area contributed by atoms with Gasteiger partial charge in [0.25, 0.3) is 8.32 Å². The van der Waals surface area contributed by atoms with Crippen molar-refractivity contribution >= 4 is 47.1 Å². The first-order chi connectivity index (χ1) is 31.2. The van der Waals surface area contributed by atoms with Gasteiger partial charge in [0, 0.05) is 43.1 Å². The Labute approximate surface area is 408 Å². The van der Waals surface area contributed by atoms with Crippen LogP contribution in [-0.2, 0) is 24.6 Å². The summed E-state index contributed by atoms with van der Waals surface area (Å²) in [5.41, 5.74) is 1.69. The summed E-state index contributed by atoms with van der Waals surface area (Å²) in [6, 6.07) is 24.8. The van der Waals surface area contributed by atoms with Crippen molar-refractivity contribution < 1.29 is 32.0 Å². The Balaban J connectivity index is 0.916. The predicted molar refractivity (Wildman–Crippen MR) is 274 cm³/mol. The fraction of sp³-hybridized carbons (Fsp3) is 0.604. The van der Waals surface area contributed by atoms with E-state index in [2.05, 4.69) is 119 Å². The molecule has 2 aromatic carbocycles. The van der Waals surface area contributed by atoms with E-state index in [4.69, 9.17) is 34.8 Å². The SMILES string of the molecule is Cc1c(-c2ccc(Cl)nc2C(=O)OC(C)(C)C)cnn1CC12CC3(C)CC(C)(C1)CC(OCCNCCS(O)(O)OCC(C)(C)CCO[Si](c1ccccc1)(c1ccccc1)C(C)(C)C)(C3)C2. The molecule has 4 aromatic rings. The number of esters is 1. The molecule has 4 aliphatic rings. The van der Waals surface area contributed by atoms with Crippen molar-refractivity contribution in [2.24, 2.45) is 21.7 Å². The molecular formula is C53H77ClN4O7SSi. The van der Waals surface area contributed by atoms with Gasteiger partial charge >= 0.3 is 5.97 Å². The largest absolute Gasteiger partial charge is 0.455 e. The van der Waals surface area contributed by atoms with Crippen LogP contribution in [-0.4, -0.2) is 88.0 Å². The van der Waals surface area contributed by atoms with Crippen molar-refractivity contribution in [1.29, 1.82) is 0 Å². The second-order valence-electron chi connectivity index (χ2n) is 23.8. The predicted octanol–water partition coefficient (Wildman–Crippen LogP) is 11.3. The number of aromatic nitrogens is 3. The molecule has 2 heterocycles. The zero-order chi connectivity index (χ0) is 48.7. The molecule has 67 heavy (non-hydrogen) atoms. The third-order valence-corrected chi connectivity index (χ3v) is 20.9. The van der Waals surface area contributed by atoms with Crippen molar-refractivity contribution in [2.75, 3.05) is 38.7 Å². The molecule has 11 nitrogen and oxygen atoms in total. The van der Waals surface area contributed by atoms with E-state index >= 15 is 0 Å². The van der Waals surface area contributed by atoms with Crippen molar-refractivity contribution in [3.63, 3.8) is 0 Å². The van der Waals surface area contributed by atoms with Crippen LogP contribution in [0.3, 0.4) is 0 Å². The van der Waals surface area contributed by atoms with Crippen LogP contribution in [0, 0.1) is 28.6 Å². The van der Waals surface area contributed by atoms with Crippen molar-refractivity contribution in [3.05, 3.63) is 95.5 Å². The number of carbonyl (C=O) groups excluding carboxylic acids is 1. The summed E-state index contributed by atoms with van der Waals surface area (Å²) >= 11 is 6.29. The number of hydrogen-bond donors (Lipinski definition) is 3. The highest BCUT2D eigenvalue weighted by atomic mass is 35.5. The third-order valence-electron chi connectivity index (χ3n) is 14.4. The molecule has 0 radical (unpaired) electrons. The normalized spacial score (nSPS) is 24.6. The standard InChI is InChI=1S/C53H77ClN4O7SSi/c1-39-43(42-22-23-44(54)57-45(42)46(59)65-47(2,3)4)30-56-58(39)37-52-32-50(10)31-51(11,33-52)35-53(34-50,36-52)62-28-25-55-26-29-66(60,61)63-38-49(8,9)24-27-64-67(48(5,6)7,40-18-14-12-15-19-40)41-20-16-13-17-21-41/h12-23,30,55,60-61H,24-29,31-38H2,1-11H3. The monoisotopic (exact) mass is 976 g/mol. The van der Waals surface area contributed by atoms with E-state index in [0.717, 1.165) is 49.9 Å². The second-order valence-corrected chi connectivity index (χ2v) is 30.3. The molecule has 4 aliphatic carbocycles. The van der Waals surface area contributed by atoms with Gasteiger partial charge in [-0.3, -0.25) is 8.86 Å². The lowest BCUT2D eigenvalue weighted by molar-refractivity contribution is -0.247. The lowest BCUT2D eigenvalue weighted by atomic mass is 9.39. The topological polar surface area (TPSA) is 137 Å². The summed E-state index contributed by atoms with van der Waals surface area (Å²) in [6.45, 7) is 26.5. The highest BCUT2D eigenvalue weighted by molar-refractivity contribution is 8.20. The first-order valence-electron chi connectivity index (χ1n) is 24.1. The van der Waals surface area contributed by atoms with Crippen LogP contribution in [0.4, 0.5) is 0 Å². The number of benzene rings is 2. The smallest absolute Gasteiger partial charge is 0.358 e. The highest BCUT2D eigenvalue weighted by Gasteiger charge is 2.66. The number of carbonyl (C=O) groups is 1. The molecule has 368 valence electrons. The minimum atomic E-state index is -3.27. The Morgan fingerprint density at radius 1 is 0.821 bits per heavy atom. The molecule has 4 bridgehead atoms. The Morgan fingerprint density at radius 3 is 2.01 bits per heavy atom. The molecule has 0 amide bonds. The van der Waals surface area contributed by atoms with Gasteiger partial charge in [-0.1, -0.05) is 121 Å². The Bertz CT molecular complexity index is 2290. The maximum absolute atomic E-state index is 13.3. The lowest BCUT2D eigenvalue weighted by Gasteiger charge is -2.69. The quantitative estimate of drug-likeness (QED) is 0.0340. The van der Waals surface area contributed by atoms with E-state index in [1.165, 1.54) is 16.8 Å². The van der Waals surface area contributed by atoms with Gasteiger partial charge in [0.15, 0.2) is 5.69 Å². The number of nitrogens with zero attached hydrogens (tertiary/aromatic N) is 3. The first kappa shape index (κ1) is 51.7. The summed E-state index contributed by atoms with van der Waals surface area (Å²) in [5, 5.41) is 10.9. The number of hydrogen-bond acceptors (Lipinski definition) is 10. The van der Waals surface area contributed by atoms with Crippen LogP contribution in [0.1, 0.15) is 130 Å². The average molecular weight is 978 g/mol. The van der Waals surface area contributed by atoms with Gasteiger partial charge in [-0.15, -0.1) is 0 Å². The van der Waals surface area contributed by atoms with Gasteiger partial charge in [-0.25, -0.2) is 9.78 Å². The molecule has 2 atom stereocenters. The van der Waals surface area contributed by atoms with E-state index in [1.807, 2.05) is 45.2 Å². The summed E-state index contributed by atoms with van der Waals surface area (Å²) < 4.78 is 49.8. The van der Waals surface area contributed by atoms with Crippen molar-refractivity contribution in [1.82, 2.24) is 20.1 Å². The average Bonchev–Trinajstić information content (AvgIpc) is 3.56. The maximum atomic E-state index is 13.3. The summed E-state index contributed by atoms with van der Waals surface area (Å²) in [5.74, 6) is -0.415. The number of rotatable bonds is 20. The molecule has 0 spiro atoms. The van der Waals surface area contributed by atoms with Gasteiger partial charge < -0.3 is 28.3 Å². The highest BCUT2D eigenvalue weighted by Crippen LogP contribution is 2.72. The minimum Gasteiger partial charge on any atom is -0.455 e. The van der Waals surface area contributed by atoms with E-state index in [0.29, 0.717) is 38.3 Å². The molecular weight excluding hydrogens is 900 g/mol. The summed E-state index contributed by atoms with van der Waals surface area (Å²) in [4.78, 5) is 17.7. The van der Waals surface area contributed by atoms with Gasteiger partial charge in [-0.05, 0) is 122 Å². The van der Waals surface area contributed by atoms with E-state index in [1.54, 1.807) is 6.07 Å². The summed E-state index contributed by atoms with van der Waals surface area (Å²) in [7, 11) is -5.95. The lowest BCUT2D eigenvalue weighted by Crippen LogP contribution is -2.66. The molecule has 2 unspecified atom stereocenters. The molecule has 0 aliphatic heterocycles. The van der Waals surface area contributed by atoms with Crippen molar-refractivity contribution in [2.45, 2.75) is 144 Å². The number of nitrogens with one attached hydrogen (secondary N) is 1. The molecule has 0 saturated heterocycles. The molecule has 3 N–H and O–H groups in total. The zero-order valence-corrected chi connectivity index (χ0v) is 44.5. The van der Waals surface area contributed by atoms with Gasteiger partial charge in [0.05, 0.1) is 41.6 Å². The molecule has 8 rings (SSSR count). The first-order valence-corrected chi connectivity index (χ1v) is 28.0. The zero-order valence-electron chi connectivity index (χ0n) is 42.0. The summed E-state index contributed by atoms with van der Waals surface area (Å²) in [6.07, 6.45) is 8.97. The third kappa shape index (κ3) is 11.9. The van der Waals surface area contributed by atoms with Crippen LogP contribution in [0.15, 0.2) is 79.0 Å². The van der Waals surface area contributed by atoms with Crippen LogP contribution in [0.25, 0.3) is 11.1 Å². The fourth-order valence-corrected chi connectivity index (χ4v) is 18.5. The van der Waals surface area contributed by atoms with Gasteiger partial charge in [0.2, 0.25) is 0 Å². The van der Waals surface area contributed by atoms with E-state index < -0.39 is 30.8 Å². The Hall–Kier alpha value is -3.11. The Morgan fingerprint density at radius 2 is 1.43 bits per heavy atom. The Kier molecular flexibility index (Phi) is 14.9. The maximum Gasteiger partial charge on any atom is 0.358 e. The minimum absolute atomic E-state index is 0.00138. The number of pyridine rings is 1. The van der Waals surface area contributed by atoms with Crippen LogP contribution >= 0.6 is 22.5 Å². The second kappa shape index (κ2) is 19.2. The van der Waals surface area contributed by atoms with Crippen molar-refractivity contribution in [3.8, 4) is 11.1 Å². The number of ether oxygens (including phenoxy) is 2. The van der Waals surface area contributed by atoms with Crippen LogP contribution < -0.4 is 15.7 Å². The molecule has 4 fully saturated rings. The molecule has 14 heteroatoms. The van der Waals surface area contributed by atoms with Crippen LogP contribution in [0.2, 0.25) is 10.2 Å². The van der Waals surface area contributed by atoms with E-state index in [9.17, 15) is 13.9 Å². The van der Waals surface area contributed by atoms with Crippen LogP contribution in [0.5, 0.6) is 0 Å². The molecule has 2 aromatic heterocycles. The number of halogens is 1. The van der Waals surface area contributed by atoms with Gasteiger partial charge in [-0.2, -0.15) is 5.10 Å².